The van der Waals surface area contributed by atoms with Gasteiger partial charge in [-0.2, -0.15) is 0 Å². The summed E-state index contributed by atoms with van der Waals surface area (Å²) in [7, 11) is 0. The van der Waals surface area contributed by atoms with Gasteiger partial charge >= 0.3 is 0 Å². The van der Waals surface area contributed by atoms with Gasteiger partial charge in [0.05, 0.1) is 0 Å². The van der Waals surface area contributed by atoms with Gasteiger partial charge in [-0.1, -0.05) is 13.8 Å². The monoisotopic (exact) mass is 299 g/mol. The highest BCUT2D eigenvalue weighted by atomic mass is 35.5. The molecule has 0 saturated carbocycles. The van der Waals surface area contributed by atoms with Crippen molar-refractivity contribution < 1.29 is 4.79 Å². The fourth-order valence-electron chi connectivity index (χ4n) is 1.80. The number of halogens is 1. The molecule has 0 bridgehead atoms. The van der Waals surface area contributed by atoms with E-state index in [2.05, 4.69) is 19.2 Å². The van der Waals surface area contributed by atoms with Crippen molar-refractivity contribution in [3.63, 3.8) is 0 Å². The highest BCUT2D eigenvalue weighted by molar-refractivity contribution is 7.98. The number of carbonyl (C=O) groups is 1. The Morgan fingerprint density at radius 1 is 1.32 bits per heavy atom. The minimum atomic E-state index is -0.00778. The van der Waals surface area contributed by atoms with Crippen LogP contribution in [0, 0.1) is 5.41 Å². The van der Waals surface area contributed by atoms with Gasteiger partial charge in [-0.15, -0.1) is 23.4 Å². The van der Waals surface area contributed by atoms with Crippen LogP contribution in [-0.4, -0.2) is 24.6 Å². The number of benzene rings is 1. The predicted octanol–water partition coefficient (Wildman–Crippen LogP) is 4.18. The highest BCUT2D eigenvalue weighted by Gasteiger charge is 2.18. The molecule has 1 rings (SSSR count). The molecule has 0 heterocycles. The Morgan fingerprint density at radius 3 is 2.47 bits per heavy atom. The maximum atomic E-state index is 12.0. The Kier molecular flexibility index (Phi) is 6.73. The van der Waals surface area contributed by atoms with E-state index in [0.29, 0.717) is 18.0 Å². The molecule has 0 unspecified atom stereocenters. The van der Waals surface area contributed by atoms with Crippen LogP contribution in [0.5, 0.6) is 0 Å². The van der Waals surface area contributed by atoms with Crippen LogP contribution in [0.2, 0.25) is 0 Å². The van der Waals surface area contributed by atoms with Crippen molar-refractivity contribution in [3.05, 3.63) is 29.8 Å². The molecule has 1 amide bonds. The second-order valence-electron chi connectivity index (χ2n) is 5.37. The van der Waals surface area contributed by atoms with Crippen LogP contribution in [0.25, 0.3) is 0 Å². The largest absolute Gasteiger partial charge is 0.352 e. The number of nitrogens with one attached hydrogen (secondary N) is 1. The quantitative estimate of drug-likeness (QED) is 0.604. The number of alkyl halides is 1. The Labute approximate surface area is 125 Å². The number of hydrogen-bond donors (Lipinski definition) is 1. The van der Waals surface area contributed by atoms with Crippen molar-refractivity contribution >= 4 is 29.3 Å². The standard InChI is InChI=1S/C15H22ClNOS/c1-15(2,9-4-10-16)11-17-14(18)12-5-7-13(19-3)8-6-12/h5-8H,4,9-11H2,1-3H3,(H,17,18). The Morgan fingerprint density at radius 2 is 1.95 bits per heavy atom. The lowest BCUT2D eigenvalue weighted by Gasteiger charge is -2.24. The van der Waals surface area contributed by atoms with Crippen LogP contribution in [0.3, 0.4) is 0 Å². The Balaban J connectivity index is 2.50. The molecule has 0 radical (unpaired) electrons. The van der Waals surface area contributed by atoms with Gasteiger partial charge < -0.3 is 5.32 Å². The molecule has 0 spiro atoms. The first-order valence-corrected chi connectivity index (χ1v) is 8.23. The molecule has 19 heavy (non-hydrogen) atoms. The third-order valence-corrected chi connectivity index (χ3v) is 4.08. The van der Waals surface area contributed by atoms with Gasteiger partial charge in [0.2, 0.25) is 0 Å². The van der Waals surface area contributed by atoms with E-state index >= 15 is 0 Å². The van der Waals surface area contributed by atoms with Crippen LogP contribution in [-0.2, 0) is 0 Å². The topological polar surface area (TPSA) is 29.1 Å². The molecule has 0 aromatic heterocycles. The van der Waals surface area contributed by atoms with Gasteiger partial charge in [0, 0.05) is 22.9 Å². The van der Waals surface area contributed by atoms with E-state index in [4.69, 9.17) is 11.6 Å². The lowest BCUT2D eigenvalue weighted by atomic mass is 9.88. The van der Waals surface area contributed by atoms with E-state index < -0.39 is 0 Å². The number of amides is 1. The summed E-state index contributed by atoms with van der Waals surface area (Å²) in [4.78, 5) is 13.2. The molecule has 0 fully saturated rings. The molecule has 1 N–H and O–H groups in total. The first-order valence-electron chi connectivity index (χ1n) is 6.47. The van der Waals surface area contributed by atoms with Crippen molar-refractivity contribution in [2.75, 3.05) is 18.7 Å². The summed E-state index contributed by atoms with van der Waals surface area (Å²) in [5.41, 5.74) is 0.801. The number of thioether (sulfide) groups is 1. The van der Waals surface area contributed by atoms with Crippen LogP contribution in [0.4, 0.5) is 0 Å². The maximum absolute atomic E-state index is 12.0. The van der Waals surface area contributed by atoms with Crippen molar-refractivity contribution in [1.82, 2.24) is 5.32 Å². The van der Waals surface area contributed by atoms with E-state index in [9.17, 15) is 4.79 Å². The average molecular weight is 300 g/mol. The third-order valence-electron chi connectivity index (χ3n) is 3.07. The zero-order valence-electron chi connectivity index (χ0n) is 11.8. The zero-order valence-corrected chi connectivity index (χ0v) is 13.4. The Hall–Kier alpha value is -0.670. The molecule has 2 nitrogen and oxygen atoms in total. The molecule has 0 aliphatic carbocycles. The van der Waals surface area contributed by atoms with E-state index in [0.717, 1.165) is 12.8 Å². The van der Waals surface area contributed by atoms with E-state index in [-0.39, 0.29) is 11.3 Å². The van der Waals surface area contributed by atoms with E-state index in [1.807, 2.05) is 30.5 Å². The normalized spacial score (nSPS) is 11.4. The summed E-state index contributed by atoms with van der Waals surface area (Å²) in [5, 5.41) is 3.00. The van der Waals surface area contributed by atoms with Gasteiger partial charge in [0.25, 0.3) is 5.91 Å². The van der Waals surface area contributed by atoms with E-state index in [1.54, 1.807) is 11.8 Å². The molecule has 1 aromatic rings. The van der Waals surface area contributed by atoms with Crippen molar-refractivity contribution in [1.29, 1.82) is 0 Å². The maximum Gasteiger partial charge on any atom is 0.251 e. The van der Waals surface area contributed by atoms with Crippen molar-refractivity contribution in [3.8, 4) is 0 Å². The number of hydrogen-bond acceptors (Lipinski definition) is 2. The second-order valence-corrected chi connectivity index (χ2v) is 6.63. The highest BCUT2D eigenvalue weighted by Crippen LogP contribution is 2.21. The fraction of sp³-hybridized carbons (Fsp3) is 0.533. The minimum Gasteiger partial charge on any atom is -0.352 e. The van der Waals surface area contributed by atoms with Crippen LogP contribution in [0.1, 0.15) is 37.0 Å². The number of rotatable bonds is 7. The SMILES string of the molecule is CSc1ccc(C(=O)NCC(C)(C)CCCCl)cc1. The molecule has 0 aliphatic rings. The van der Waals surface area contributed by atoms with Gasteiger partial charge in [-0.25, -0.2) is 0 Å². The van der Waals surface area contributed by atoms with Gasteiger partial charge in [-0.3, -0.25) is 4.79 Å². The van der Waals surface area contributed by atoms with Crippen molar-refractivity contribution in [2.24, 2.45) is 5.41 Å². The van der Waals surface area contributed by atoms with Crippen LogP contribution in [0.15, 0.2) is 29.2 Å². The molecular weight excluding hydrogens is 278 g/mol. The second kappa shape index (κ2) is 7.81. The molecule has 106 valence electrons. The molecule has 0 saturated heterocycles. The summed E-state index contributed by atoms with van der Waals surface area (Å²) in [6.45, 7) is 4.97. The molecule has 0 aliphatic heterocycles. The first kappa shape index (κ1) is 16.4. The van der Waals surface area contributed by atoms with Gasteiger partial charge in [-0.05, 0) is 48.8 Å². The molecular formula is C15H22ClNOS. The lowest BCUT2D eigenvalue weighted by molar-refractivity contribution is 0.0934. The van der Waals surface area contributed by atoms with Gasteiger partial charge in [0.1, 0.15) is 0 Å². The van der Waals surface area contributed by atoms with E-state index in [1.165, 1.54) is 4.90 Å². The first-order chi connectivity index (χ1) is 8.98. The summed E-state index contributed by atoms with van der Waals surface area (Å²) in [6, 6.07) is 7.68. The predicted molar refractivity (Wildman–Crippen MR) is 84.3 cm³/mol. The van der Waals surface area contributed by atoms with Gasteiger partial charge in [0.15, 0.2) is 0 Å². The summed E-state index contributed by atoms with van der Waals surface area (Å²) < 4.78 is 0. The Bertz CT molecular complexity index is 403. The fourth-order valence-corrected chi connectivity index (χ4v) is 2.34. The summed E-state index contributed by atoms with van der Waals surface area (Å²) in [5.74, 6) is 0.666. The zero-order chi connectivity index (χ0) is 14.3. The van der Waals surface area contributed by atoms with Crippen LogP contribution >= 0.6 is 23.4 Å². The van der Waals surface area contributed by atoms with Crippen LogP contribution < -0.4 is 5.32 Å². The molecule has 4 heteroatoms. The molecule has 1 aromatic carbocycles. The number of carbonyl (C=O) groups excluding carboxylic acids is 1. The smallest absolute Gasteiger partial charge is 0.251 e. The molecule has 0 atom stereocenters. The van der Waals surface area contributed by atoms with Crippen molar-refractivity contribution in [2.45, 2.75) is 31.6 Å². The average Bonchev–Trinajstić information content (AvgIpc) is 2.43. The minimum absolute atomic E-state index is 0.00778. The summed E-state index contributed by atoms with van der Waals surface area (Å²) in [6.07, 6.45) is 4.02. The third kappa shape index (κ3) is 5.87. The lowest BCUT2D eigenvalue weighted by Crippen LogP contribution is -2.34. The summed E-state index contributed by atoms with van der Waals surface area (Å²) >= 11 is 7.38.